The molecule has 0 aliphatic carbocycles. The third-order valence-corrected chi connectivity index (χ3v) is 3.17. The fraction of sp³-hybridized carbons (Fsp3) is 0.562. The zero-order chi connectivity index (χ0) is 14.8. The lowest BCUT2D eigenvalue weighted by Crippen LogP contribution is -2.32. The maximum atomic E-state index is 11.0. The Labute approximate surface area is 121 Å². The summed E-state index contributed by atoms with van der Waals surface area (Å²) in [5.74, 6) is -1.10. The van der Waals surface area contributed by atoms with E-state index in [1.54, 1.807) is 6.92 Å². The first-order valence-corrected chi connectivity index (χ1v) is 7.20. The summed E-state index contributed by atoms with van der Waals surface area (Å²) < 4.78 is 5.34. The summed E-state index contributed by atoms with van der Waals surface area (Å²) in [6, 6.07) is 10.1. The molecule has 0 aliphatic rings. The van der Waals surface area contributed by atoms with Gasteiger partial charge in [0, 0.05) is 32.8 Å². The normalized spacial score (nSPS) is 12.6. The van der Waals surface area contributed by atoms with Gasteiger partial charge in [-0.1, -0.05) is 37.3 Å². The summed E-state index contributed by atoms with van der Waals surface area (Å²) in [5.41, 5.74) is 1.21. The van der Waals surface area contributed by atoms with Crippen molar-refractivity contribution >= 4 is 5.97 Å². The summed E-state index contributed by atoms with van der Waals surface area (Å²) in [4.78, 5) is 13.2. The van der Waals surface area contributed by atoms with Crippen LogP contribution in [-0.4, -0.2) is 42.3 Å². The van der Waals surface area contributed by atoms with Gasteiger partial charge < -0.3 is 9.84 Å². The topological polar surface area (TPSA) is 49.8 Å². The van der Waals surface area contributed by atoms with E-state index >= 15 is 0 Å². The van der Waals surface area contributed by atoms with E-state index in [-0.39, 0.29) is 5.92 Å². The predicted octanol–water partition coefficient (Wildman–Crippen LogP) is 2.64. The van der Waals surface area contributed by atoms with Gasteiger partial charge in [-0.05, 0) is 18.9 Å². The number of carboxylic acid groups (broad SMARTS) is 1. The number of carboxylic acids is 1. The largest absolute Gasteiger partial charge is 0.481 e. The monoisotopic (exact) mass is 279 g/mol. The molecule has 4 heteroatoms. The fourth-order valence-electron chi connectivity index (χ4n) is 2.08. The second kappa shape index (κ2) is 9.50. The van der Waals surface area contributed by atoms with Crippen LogP contribution in [0.3, 0.4) is 0 Å². The van der Waals surface area contributed by atoms with Crippen LogP contribution in [0.25, 0.3) is 0 Å². The lowest BCUT2D eigenvalue weighted by atomic mass is 10.1. The summed E-state index contributed by atoms with van der Waals surface area (Å²) in [6.45, 7) is 7.39. The number of nitrogens with zero attached hydrogens (tertiary/aromatic N) is 1. The van der Waals surface area contributed by atoms with E-state index in [0.717, 1.165) is 32.7 Å². The molecular formula is C16H25NO3. The number of benzene rings is 1. The van der Waals surface area contributed by atoms with Gasteiger partial charge in [0.25, 0.3) is 0 Å². The molecular weight excluding hydrogens is 254 g/mol. The van der Waals surface area contributed by atoms with E-state index in [9.17, 15) is 4.79 Å². The molecule has 1 atom stereocenters. The van der Waals surface area contributed by atoms with E-state index in [4.69, 9.17) is 9.84 Å². The summed E-state index contributed by atoms with van der Waals surface area (Å²) in [6.07, 6.45) is 0.924. The zero-order valence-electron chi connectivity index (χ0n) is 12.4. The smallest absolute Gasteiger partial charge is 0.307 e. The Morgan fingerprint density at radius 2 is 2.05 bits per heavy atom. The van der Waals surface area contributed by atoms with Crippen LogP contribution >= 0.6 is 0 Å². The maximum Gasteiger partial charge on any atom is 0.307 e. The zero-order valence-corrected chi connectivity index (χ0v) is 12.4. The molecule has 0 heterocycles. The molecule has 0 bridgehead atoms. The van der Waals surface area contributed by atoms with Gasteiger partial charge in [-0.2, -0.15) is 0 Å². The molecule has 0 saturated carbocycles. The standard InChI is InChI=1S/C16H25NO3/c1-3-20-11-7-10-17(12-14(2)16(18)19)13-15-8-5-4-6-9-15/h4-6,8-9,14H,3,7,10-13H2,1-2H3,(H,18,19). The van der Waals surface area contributed by atoms with Crippen LogP contribution in [0.15, 0.2) is 30.3 Å². The molecule has 1 aromatic rings. The number of carbonyl (C=O) groups is 1. The summed E-state index contributed by atoms with van der Waals surface area (Å²) in [5, 5.41) is 9.06. The first-order chi connectivity index (χ1) is 9.63. The van der Waals surface area contributed by atoms with E-state index in [1.165, 1.54) is 5.56 Å². The Morgan fingerprint density at radius 1 is 1.35 bits per heavy atom. The second-order valence-electron chi connectivity index (χ2n) is 5.01. The van der Waals surface area contributed by atoms with Gasteiger partial charge in [0.05, 0.1) is 5.92 Å². The van der Waals surface area contributed by atoms with Crippen LogP contribution in [0.1, 0.15) is 25.8 Å². The van der Waals surface area contributed by atoms with Crippen molar-refractivity contribution in [3.05, 3.63) is 35.9 Å². The molecule has 1 aromatic carbocycles. The summed E-state index contributed by atoms with van der Waals surface area (Å²) >= 11 is 0. The van der Waals surface area contributed by atoms with E-state index in [0.29, 0.717) is 6.54 Å². The Morgan fingerprint density at radius 3 is 2.65 bits per heavy atom. The van der Waals surface area contributed by atoms with Crippen LogP contribution in [0.2, 0.25) is 0 Å². The van der Waals surface area contributed by atoms with Crippen molar-refractivity contribution in [2.24, 2.45) is 5.92 Å². The molecule has 1 unspecified atom stereocenters. The highest BCUT2D eigenvalue weighted by Crippen LogP contribution is 2.08. The minimum atomic E-state index is -0.743. The van der Waals surface area contributed by atoms with Gasteiger partial charge in [-0.15, -0.1) is 0 Å². The third-order valence-electron chi connectivity index (χ3n) is 3.17. The maximum absolute atomic E-state index is 11.0. The molecule has 112 valence electrons. The molecule has 0 radical (unpaired) electrons. The van der Waals surface area contributed by atoms with Crippen LogP contribution < -0.4 is 0 Å². The molecule has 4 nitrogen and oxygen atoms in total. The minimum absolute atomic E-state index is 0.356. The quantitative estimate of drug-likeness (QED) is 0.669. The number of hydrogen-bond donors (Lipinski definition) is 1. The van der Waals surface area contributed by atoms with Gasteiger partial charge in [0.2, 0.25) is 0 Å². The van der Waals surface area contributed by atoms with Gasteiger partial charge in [0.15, 0.2) is 0 Å². The molecule has 0 amide bonds. The van der Waals surface area contributed by atoms with E-state index < -0.39 is 5.97 Å². The first-order valence-electron chi connectivity index (χ1n) is 7.20. The van der Waals surface area contributed by atoms with Crippen molar-refractivity contribution < 1.29 is 14.6 Å². The first kappa shape index (κ1) is 16.7. The van der Waals surface area contributed by atoms with Gasteiger partial charge in [-0.25, -0.2) is 0 Å². The van der Waals surface area contributed by atoms with Gasteiger partial charge >= 0.3 is 5.97 Å². The molecule has 0 aliphatic heterocycles. The Bertz CT molecular complexity index is 381. The van der Waals surface area contributed by atoms with Crippen molar-refractivity contribution in [2.75, 3.05) is 26.3 Å². The molecule has 0 spiro atoms. The second-order valence-corrected chi connectivity index (χ2v) is 5.01. The minimum Gasteiger partial charge on any atom is -0.481 e. The number of hydrogen-bond acceptors (Lipinski definition) is 3. The average molecular weight is 279 g/mol. The van der Waals surface area contributed by atoms with Crippen molar-refractivity contribution in [3.8, 4) is 0 Å². The predicted molar refractivity (Wildman–Crippen MR) is 79.6 cm³/mol. The van der Waals surface area contributed by atoms with Crippen LogP contribution in [0, 0.1) is 5.92 Å². The van der Waals surface area contributed by atoms with Crippen molar-refractivity contribution in [2.45, 2.75) is 26.8 Å². The van der Waals surface area contributed by atoms with Gasteiger partial charge in [-0.3, -0.25) is 9.69 Å². The Hall–Kier alpha value is -1.39. The van der Waals surface area contributed by atoms with Crippen molar-refractivity contribution in [3.63, 3.8) is 0 Å². The molecule has 1 rings (SSSR count). The summed E-state index contributed by atoms with van der Waals surface area (Å²) in [7, 11) is 0. The van der Waals surface area contributed by atoms with Crippen molar-refractivity contribution in [1.82, 2.24) is 4.90 Å². The number of aliphatic carboxylic acids is 1. The fourth-order valence-corrected chi connectivity index (χ4v) is 2.08. The van der Waals surface area contributed by atoms with Crippen LogP contribution in [0.4, 0.5) is 0 Å². The van der Waals surface area contributed by atoms with Gasteiger partial charge in [0.1, 0.15) is 0 Å². The van der Waals surface area contributed by atoms with Crippen molar-refractivity contribution in [1.29, 1.82) is 0 Å². The number of ether oxygens (including phenoxy) is 1. The molecule has 0 saturated heterocycles. The third kappa shape index (κ3) is 6.68. The van der Waals surface area contributed by atoms with E-state index in [1.807, 2.05) is 25.1 Å². The lowest BCUT2D eigenvalue weighted by Gasteiger charge is -2.24. The lowest BCUT2D eigenvalue weighted by molar-refractivity contribution is -0.141. The molecule has 0 fully saturated rings. The molecule has 20 heavy (non-hydrogen) atoms. The average Bonchev–Trinajstić information content (AvgIpc) is 2.44. The Balaban J connectivity index is 2.51. The molecule has 0 aromatic heterocycles. The Kier molecular flexibility index (Phi) is 7.92. The highest BCUT2D eigenvalue weighted by Gasteiger charge is 2.16. The molecule has 1 N–H and O–H groups in total. The van der Waals surface area contributed by atoms with Crippen LogP contribution in [0.5, 0.6) is 0 Å². The highest BCUT2D eigenvalue weighted by atomic mass is 16.5. The number of rotatable bonds is 10. The SMILES string of the molecule is CCOCCCN(Cc1ccccc1)CC(C)C(=O)O. The highest BCUT2D eigenvalue weighted by molar-refractivity contribution is 5.69. The van der Waals surface area contributed by atoms with Crippen LogP contribution in [-0.2, 0) is 16.1 Å². The van der Waals surface area contributed by atoms with E-state index in [2.05, 4.69) is 17.0 Å².